The van der Waals surface area contributed by atoms with Crippen molar-refractivity contribution in [3.63, 3.8) is 0 Å². The van der Waals surface area contributed by atoms with Gasteiger partial charge in [-0.05, 0) is 43.5 Å². The summed E-state index contributed by atoms with van der Waals surface area (Å²) in [6.07, 6.45) is 35.9. The first-order chi connectivity index (χ1) is 25.1. The molecule has 0 heterocycles. The summed E-state index contributed by atoms with van der Waals surface area (Å²) in [5.41, 5.74) is 1.37. The van der Waals surface area contributed by atoms with Gasteiger partial charge in [-0.3, -0.25) is 9.98 Å². The van der Waals surface area contributed by atoms with Crippen LogP contribution >= 0.6 is 0 Å². The molecule has 288 valence electrons. The Bertz CT molecular complexity index is 1080. The Balaban J connectivity index is 1.49. The minimum absolute atomic E-state index is 0.181. The van der Waals surface area contributed by atoms with Gasteiger partial charge in [-0.25, -0.2) is 0 Å². The molecule has 0 aliphatic heterocycles. The molecule has 0 amide bonds. The summed E-state index contributed by atoms with van der Waals surface area (Å²) in [4.78, 5) is 8.91. The molecular weight excluding hydrogens is 633 g/mol. The van der Waals surface area contributed by atoms with Crippen LogP contribution in [0.3, 0.4) is 0 Å². The Hall–Kier alpha value is -3.02. The van der Waals surface area contributed by atoms with Gasteiger partial charge in [-0.15, -0.1) is 0 Å². The van der Waals surface area contributed by atoms with Crippen LogP contribution in [-0.2, 0) is 0 Å². The van der Waals surface area contributed by atoms with Gasteiger partial charge in [0.25, 0.3) is 0 Å². The molecule has 0 saturated heterocycles. The summed E-state index contributed by atoms with van der Waals surface area (Å²) in [7, 11) is 0. The molecule has 0 spiro atoms. The third-order valence-corrected chi connectivity index (χ3v) is 9.57. The van der Waals surface area contributed by atoms with Gasteiger partial charge in [-0.2, -0.15) is 0 Å². The maximum Gasteiger partial charge on any atom is 0.128 e. The molecule has 2 N–H and O–H groups in total. The number of aliphatic imine (C=N–C) groups is 2. The van der Waals surface area contributed by atoms with Crippen LogP contribution in [0.15, 0.2) is 46.4 Å². The second kappa shape index (κ2) is 31.7. The highest BCUT2D eigenvalue weighted by atomic mass is 16.5. The van der Waals surface area contributed by atoms with E-state index in [1.54, 1.807) is 24.6 Å². The molecule has 0 aliphatic carbocycles. The van der Waals surface area contributed by atoms with Crippen molar-refractivity contribution in [3.05, 3.63) is 47.5 Å². The number of hydrogen-bond acceptors (Lipinski definition) is 6. The predicted molar refractivity (Wildman–Crippen MR) is 219 cm³/mol. The third-order valence-electron chi connectivity index (χ3n) is 9.57. The van der Waals surface area contributed by atoms with Gasteiger partial charge in [0.15, 0.2) is 0 Å². The van der Waals surface area contributed by atoms with Gasteiger partial charge in [0.1, 0.15) is 23.0 Å². The van der Waals surface area contributed by atoms with Crippen LogP contribution in [0.4, 0.5) is 0 Å². The molecule has 0 unspecified atom stereocenters. The topological polar surface area (TPSA) is 83.6 Å². The van der Waals surface area contributed by atoms with E-state index in [0.717, 1.165) is 19.3 Å². The highest BCUT2D eigenvalue weighted by molar-refractivity contribution is 5.84. The van der Waals surface area contributed by atoms with Crippen LogP contribution in [0.5, 0.6) is 23.0 Å². The molecule has 0 aliphatic rings. The number of aromatic hydroxyl groups is 2. The predicted octanol–water partition coefficient (Wildman–Crippen LogP) is 13.2. The standard InChI is InChI=1S/C45H74N2O4/c1-3-5-7-9-11-13-15-17-19-21-23-25-34-50-42-30-28-40(44(48)36-42)38-46-32-27-33-47-39-41-29-31-43(37-45(41)49)51-35-26-24-22-20-18-16-14-12-10-8-6-4-2/h28-31,36-39,48-49H,3-27,32-35H2,1-2H3. The lowest BCUT2D eigenvalue weighted by Crippen LogP contribution is -1.98. The first-order valence-corrected chi connectivity index (χ1v) is 21.0. The van der Waals surface area contributed by atoms with E-state index >= 15 is 0 Å². The summed E-state index contributed by atoms with van der Waals surface area (Å²) in [5.74, 6) is 1.76. The van der Waals surface area contributed by atoms with Crippen LogP contribution < -0.4 is 9.47 Å². The smallest absolute Gasteiger partial charge is 0.128 e. The van der Waals surface area contributed by atoms with Crippen molar-refractivity contribution < 1.29 is 19.7 Å². The molecule has 51 heavy (non-hydrogen) atoms. The number of phenols is 2. The lowest BCUT2D eigenvalue weighted by Gasteiger charge is -2.08. The van der Waals surface area contributed by atoms with E-state index < -0.39 is 0 Å². The SMILES string of the molecule is CCCCCCCCCCCCCCOc1ccc(C=NCCCN=Cc2ccc(OCCCCCCCCCCCCCC)cc2O)c(O)c1. The van der Waals surface area contributed by atoms with Crippen molar-refractivity contribution in [1.82, 2.24) is 0 Å². The quantitative estimate of drug-likeness (QED) is 0.0560. The maximum absolute atomic E-state index is 10.4. The third kappa shape index (κ3) is 24.0. The molecule has 2 aromatic carbocycles. The summed E-state index contributed by atoms with van der Waals surface area (Å²) >= 11 is 0. The van der Waals surface area contributed by atoms with Crippen molar-refractivity contribution in [2.45, 2.75) is 174 Å². The van der Waals surface area contributed by atoms with Crippen LogP contribution in [0, 0.1) is 0 Å². The normalized spacial score (nSPS) is 11.6. The van der Waals surface area contributed by atoms with E-state index in [-0.39, 0.29) is 11.5 Å². The fourth-order valence-electron chi connectivity index (χ4n) is 6.29. The molecule has 2 aromatic rings. The first kappa shape index (κ1) is 44.1. The van der Waals surface area contributed by atoms with Gasteiger partial charge >= 0.3 is 0 Å². The van der Waals surface area contributed by atoms with Gasteiger partial charge < -0.3 is 19.7 Å². The Morgan fingerprint density at radius 3 is 1.06 bits per heavy atom. The van der Waals surface area contributed by atoms with E-state index in [0.29, 0.717) is 48.9 Å². The Morgan fingerprint density at radius 1 is 0.431 bits per heavy atom. The Labute approximate surface area is 312 Å². The summed E-state index contributed by atoms with van der Waals surface area (Å²) in [5, 5.41) is 20.8. The zero-order valence-corrected chi connectivity index (χ0v) is 32.7. The van der Waals surface area contributed by atoms with E-state index in [4.69, 9.17) is 9.47 Å². The second-order valence-electron chi connectivity index (χ2n) is 14.3. The maximum atomic E-state index is 10.4. The van der Waals surface area contributed by atoms with Crippen molar-refractivity contribution >= 4 is 12.4 Å². The van der Waals surface area contributed by atoms with E-state index in [1.165, 1.54) is 141 Å². The molecule has 0 bridgehead atoms. The van der Waals surface area contributed by atoms with Gasteiger partial charge in [0.05, 0.1) is 13.2 Å². The van der Waals surface area contributed by atoms with E-state index in [9.17, 15) is 10.2 Å². The number of unbranched alkanes of at least 4 members (excludes halogenated alkanes) is 22. The average molecular weight is 707 g/mol. The molecule has 0 radical (unpaired) electrons. The minimum atomic E-state index is 0.181. The molecular formula is C45H74N2O4. The molecule has 6 heteroatoms. The Kier molecular flexibility index (Phi) is 27.4. The average Bonchev–Trinajstić information content (AvgIpc) is 3.13. The number of nitrogens with zero attached hydrogens (tertiary/aromatic N) is 2. The lowest BCUT2D eigenvalue weighted by atomic mass is 10.1. The molecule has 0 fully saturated rings. The number of phenolic OH excluding ortho intramolecular Hbond substituents is 2. The summed E-state index contributed by atoms with van der Waals surface area (Å²) < 4.78 is 11.7. The summed E-state index contributed by atoms with van der Waals surface area (Å²) in [6.45, 7) is 7.11. The van der Waals surface area contributed by atoms with Gasteiger partial charge in [0.2, 0.25) is 0 Å². The highest BCUT2D eigenvalue weighted by Gasteiger charge is 2.04. The number of rotatable bonds is 34. The fourth-order valence-corrected chi connectivity index (χ4v) is 6.29. The van der Waals surface area contributed by atoms with Crippen molar-refractivity contribution in [2.24, 2.45) is 9.98 Å². The van der Waals surface area contributed by atoms with Crippen LogP contribution in [0.25, 0.3) is 0 Å². The zero-order chi connectivity index (χ0) is 36.5. The molecule has 0 atom stereocenters. The monoisotopic (exact) mass is 707 g/mol. The largest absolute Gasteiger partial charge is 0.507 e. The van der Waals surface area contributed by atoms with Crippen molar-refractivity contribution in [2.75, 3.05) is 26.3 Å². The molecule has 0 aromatic heterocycles. The minimum Gasteiger partial charge on any atom is -0.507 e. The second-order valence-corrected chi connectivity index (χ2v) is 14.3. The van der Waals surface area contributed by atoms with Crippen molar-refractivity contribution in [3.8, 4) is 23.0 Å². The van der Waals surface area contributed by atoms with Crippen LogP contribution in [0.2, 0.25) is 0 Å². The van der Waals surface area contributed by atoms with Crippen LogP contribution in [0.1, 0.15) is 185 Å². The zero-order valence-electron chi connectivity index (χ0n) is 32.7. The summed E-state index contributed by atoms with van der Waals surface area (Å²) in [6, 6.07) is 10.8. The molecule has 6 nitrogen and oxygen atoms in total. The van der Waals surface area contributed by atoms with Crippen molar-refractivity contribution in [1.29, 1.82) is 0 Å². The lowest BCUT2D eigenvalue weighted by molar-refractivity contribution is 0.302. The van der Waals surface area contributed by atoms with E-state index in [2.05, 4.69) is 23.8 Å². The van der Waals surface area contributed by atoms with Crippen LogP contribution in [-0.4, -0.2) is 48.9 Å². The number of hydrogen-bond donors (Lipinski definition) is 2. The Morgan fingerprint density at radius 2 is 0.745 bits per heavy atom. The first-order valence-electron chi connectivity index (χ1n) is 21.0. The van der Waals surface area contributed by atoms with Gasteiger partial charge in [-0.1, -0.05) is 155 Å². The molecule has 0 saturated carbocycles. The number of benzene rings is 2. The fraction of sp³-hybridized carbons (Fsp3) is 0.689. The van der Waals surface area contributed by atoms with E-state index in [1.807, 2.05) is 24.3 Å². The number of ether oxygens (including phenoxy) is 2. The highest BCUT2D eigenvalue weighted by Crippen LogP contribution is 2.24. The van der Waals surface area contributed by atoms with Gasteiger partial charge in [0, 0.05) is 48.8 Å². The molecule has 2 rings (SSSR count).